The Kier molecular flexibility index (Phi) is 2.90. The molecule has 0 saturated carbocycles. The Morgan fingerprint density at radius 3 is 3.00 bits per heavy atom. The van der Waals surface area contributed by atoms with E-state index in [1.807, 2.05) is 6.07 Å². The average Bonchev–Trinajstić information content (AvgIpc) is 3.04. The lowest BCUT2D eigenvalue weighted by Crippen LogP contribution is -2.38. The lowest BCUT2D eigenvalue weighted by Gasteiger charge is -2.21. The van der Waals surface area contributed by atoms with Crippen LogP contribution in [0.25, 0.3) is 0 Å². The quantitative estimate of drug-likeness (QED) is 0.862. The van der Waals surface area contributed by atoms with E-state index in [2.05, 4.69) is 5.32 Å². The molecule has 1 N–H and O–H groups in total. The first-order chi connectivity index (χ1) is 8.63. The van der Waals surface area contributed by atoms with Crippen LogP contribution < -0.4 is 5.32 Å². The van der Waals surface area contributed by atoms with Gasteiger partial charge in [-0.15, -0.1) is 11.3 Å². The molecule has 7 heteroatoms. The molecule has 1 aromatic rings. The molecule has 18 heavy (non-hydrogen) atoms. The molecule has 3 heterocycles. The first-order valence-electron chi connectivity index (χ1n) is 5.85. The van der Waals surface area contributed by atoms with E-state index in [9.17, 15) is 8.42 Å². The molecule has 2 fully saturated rings. The van der Waals surface area contributed by atoms with Crippen molar-refractivity contribution in [2.75, 3.05) is 19.6 Å². The Morgan fingerprint density at radius 2 is 2.28 bits per heavy atom. The van der Waals surface area contributed by atoms with Gasteiger partial charge in [-0.3, -0.25) is 0 Å². The van der Waals surface area contributed by atoms with Crippen LogP contribution in [0.15, 0.2) is 16.3 Å². The van der Waals surface area contributed by atoms with Crippen molar-refractivity contribution in [2.24, 2.45) is 5.92 Å². The van der Waals surface area contributed by atoms with Gasteiger partial charge in [-0.05, 0) is 31.0 Å². The molecule has 5 nitrogen and oxygen atoms in total. The molecule has 1 aromatic heterocycles. The van der Waals surface area contributed by atoms with Crippen LogP contribution >= 0.6 is 11.3 Å². The van der Waals surface area contributed by atoms with Gasteiger partial charge < -0.3 is 5.32 Å². The number of nitrogens with zero attached hydrogens (tertiary/aromatic N) is 2. The van der Waals surface area contributed by atoms with Crippen molar-refractivity contribution in [2.45, 2.75) is 16.7 Å². The molecule has 3 rings (SSSR count). The third kappa shape index (κ3) is 1.77. The van der Waals surface area contributed by atoms with Crippen LogP contribution in [-0.4, -0.2) is 38.4 Å². The molecule has 0 radical (unpaired) electrons. The lowest BCUT2D eigenvalue weighted by atomic mass is 10.1. The second-order valence-electron chi connectivity index (χ2n) is 4.62. The minimum Gasteiger partial charge on any atom is -0.315 e. The number of fused-ring (bicyclic) bond motifs is 1. The monoisotopic (exact) mass is 283 g/mol. The van der Waals surface area contributed by atoms with E-state index in [-0.39, 0.29) is 10.3 Å². The van der Waals surface area contributed by atoms with E-state index in [1.54, 1.807) is 10.4 Å². The zero-order valence-corrected chi connectivity index (χ0v) is 11.3. The Labute approximate surface area is 110 Å². The fraction of sp³-hybridized carbons (Fsp3) is 0.545. The number of hydrogen-bond acceptors (Lipinski definition) is 5. The zero-order chi connectivity index (χ0) is 12.8. The number of sulfonamides is 1. The summed E-state index contributed by atoms with van der Waals surface area (Å²) in [6, 6.07) is 5.17. The highest BCUT2D eigenvalue weighted by Gasteiger charge is 2.44. The van der Waals surface area contributed by atoms with Gasteiger partial charge in [0.25, 0.3) is 10.0 Å². The van der Waals surface area contributed by atoms with Gasteiger partial charge in [0.1, 0.15) is 15.2 Å². The second-order valence-corrected chi connectivity index (χ2v) is 7.82. The summed E-state index contributed by atoms with van der Waals surface area (Å²) >= 11 is 1.05. The van der Waals surface area contributed by atoms with Crippen molar-refractivity contribution in [3.63, 3.8) is 0 Å². The molecule has 0 amide bonds. The normalized spacial score (nSPS) is 28.2. The molecule has 0 aliphatic carbocycles. The summed E-state index contributed by atoms with van der Waals surface area (Å²) in [4.78, 5) is 0.439. The third-order valence-corrected chi connectivity index (χ3v) is 7.03. The highest BCUT2D eigenvalue weighted by Crippen LogP contribution is 2.34. The standard InChI is InChI=1S/C11H13N3O2S2/c12-5-9-1-2-11(17-9)18(15,16)14-4-3-8-6-13-7-10(8)14/h1-2,8,10,13H,3-4,6-7H2/t8-,10+/m0/s1. The fourth-order valence-electron chi connectivity index (χ4n) is 2.74. The average molecular weight is 283 g/mol. The Morgan fingerprint density at radius 1 is 1.44 bits per heavy atom. The Balaban J connectivity index is 1.93. The molecule has 0 spiro atoms. The first-order valence-corrected chi connectivity index (χ1v) is 8.11. The van der Waals surface area contributed by atoms with Crippen LogP contribution in [-0.2, 0) is 10.0 Å². The van der Waals surface area contributed by atoms with Gasteiger partial charge in [-0.2, -0.15) is 9.57 Å². The predicted octanol–water partition coefficient (Wildman–Crippen LogP) is 0.602. The molecule has 2 aliphatic rings. The molecular formula is C11H13N3O2S2. The van der Waals surface area contributed by atoms with Crippen molar-refractivity contribution in [3.8, 4) is 6.07 Å². The smallest absolute Gasteiger partial charge is 0.252 e. The van der Waals surface area contributed by atoms with Gasteiger partial charge in [0, 0.05) is 19.1 Å². The van der Waals surface area contributed by atoms with Crippen molar-refractivity contribution in [1.29, 1.82) is 5.26 Å². The summed E-state index contributed by atoms with van der Waals surface area (Å²) < 4.78 is 26.9. The number of nitriles is 1. The molecule has 2 atom stereocenters. The Bertz CT molecular complexity index is 602. The van der Waals surface area contributed by atoms with Crippen molar-refractivity contribution in [3.05, 3.63) is 17.0 Å². The van der Waals surface area contributed by atoms with Gasteiger partial charge in [-0.1, -0.05) is 0 Å². The van der Waals surface area contributed by atoms with Crippen LogP contribution in [0.1, 0.15) is 11.3 Å². The number of rotatable bonds is 2. The van der Waals surface area contributed by atoms with Crippen molar-refractivity contribution >= 4 is 21.4 Å². The maximum Gasteiger partial charge on any atom is 0.252 e. The molecule has 2 saturated heterocycles. The van der Waals surface area contributed by atoms with Crippen LogP contribution in [0.2, 0.25) is 0 Å². The minimum absolute atomic E-state index is 0.0858. The van der Waals surface area contributed by atoms with Crippen LogP contribution in [0.4, 0.5) is 0 Å². The zero-order valence-electron chi connectivity index (χ0n) is 9.67. The summed E-state index contributed by atoms with van der Waals surface area (Å²) in [5, 5.41) is 12.0. The van der Waals surface area contributed by atoms with E-state index in [4.69, 9.17) is 5.26 Å². The van der Waals surface area contributed by atoms with E-state index in [0.29, 0.717) is 17.3 Å². The number of thiophene rings is 1. The summed E-state index contributed by atoms with van der Waals surface area (Å²) in [6.07, 6.45) is 0.924. The number of hydrogen-bond donors (Lipinski definition) is 1. The number of nitrogens with one attached hydrogen (secondary N) is 1. The molecular weight excluding hydrogens is 270 g/mol. The maximum absolute atomic E-state index is 12.5. The van der Waals surface area contributed by atoms with Crippen molar-refractivity contribution < 1.29 is 8.42 Å². The van der Waals surface area contributed by atoms with E-state index >= 15 is 0 Å². The highest BCUT2D eigenvalue weighted by atomic mass is 32.2. The largest absolute Gasteiger partial charge is 0.315 e. The third-order valence-electron chi connectivity index (χ3n) is 3.65. The molecule has 0 aromatic carbocycles. The van der Waals surface area contributed by atoms with Crippen molar-refractivity contribution in [1.82, 2.24) is 9.62 Å². The van der Waals surface area contributed by atoms with Gasteiger partial charge in [0.05, 0.1) is 0 Å². The maximum atomic E-state index is 12.5. The van der Waals surface area contributed by atoms with Gasteiger partial charge in [0.15, 0.2) is 0 Å². The summed E-state index contributed by atoms with van der Waals surface area (Å²) in [5.41, 5.74) is 0. The molecule has 96 valence electrons. The Hall–Kier alpha value is -0.940. The van der Waals surface area contributed by atoms with E-state index in [1.165, 1.54) is 6.07 Å². The van der Waals surface area contributed by atoms with Gasteiger partial charge in [-0.25, -0.2) is 8.42 Å². The van der Waals surface area contributed by atoms with Crippen LogP contribution in [0, 0.1) is 17.2 Å². The van der Waals surface area contributed by atoms with Crippen LogP contribution in [0.5, 0.6) is 0 Å². The van der Waals surface area contributed by atoms with Gasteiger partial charge in [0.2, 0.25) is 0 Å². The summed E-state index contributed by atoms with van der Waals surface area (Å²) in [7, 11) is -3.42. The van der Waals surface area contributed by atoms with Gasteiger partial charge >= 0.3 is 0 Å². The van der Waals surface area contributed by atoms with Crippen LogP contribution in [0.3, 0.4) is 0 Å². The fourth-order valence-corrected chi connectivity index (χ4v) is 5.67. The molecule has 2 aliphatic heterocycles. The minimum atomic E-state index is -3.42. The second kappa shape index (κ2) is 4.31. The summed E-state index contributed by atoms with van der Waals surface area (Å²) in [5.74, 6) is 0.440. The molecule has 0 bridgehead atoms. The van der Waals surface area contributed by atoms with E-state index < -0.39 is 10.0 Å². The predicted molar refractivity (Wildman–Crippen MR) is 67.7 cm³/mol. The topological polar surface area (TPSA) is 73.2 Å². The first kappa shape index (κ1) is 12.1. The SMILES string of the molecule is N#Cc1ccc(S(=O)(=O)N2CC[C@H]3CNC[C@H]32)s1. The lowest BCUT2D eigenvalue weighted by molar-refractivity contribution is 0.384. The summed E-state index contributed by atoms with van der Waals surface area (Å²) in [6.45, 7) is 2.24. The molecule has 0 unspecified atom stereocenters. The highest BCUT2D eigenvalue weighted by molar-refractivity contribution is 7.91. The van der Waals surface area contributed by atoms with E-state index in [0.717, 1.165) is 30.8 Å².